The van der Waals surface area contributed by atoms with Crippen molar-refractivity contribution >= 4 is 11.7 Å². The lowest BCUT2D eigenvalue weighted by molar-refractivity contribution is -0.897. The van der Waals surface area contributed by atoms with Gasteiger partial charge in [-0.2, -0.15) is 0 Å². The number of rotatable bonds is 8. The van der Waals surface area contributed by atoms with Crippen molar-refractivity contribution in [1.29, 1.82) is 0 Å². The summed E-state index contributed by atoms with van der Waals surface area (Å²) < 4.78 is 29.4. The van der Waals surface area contributed by atoms with Crippen LogP contribution in [0.25, 0.3) is 0 Å². The Labute approximate surface area is 199 Å². The van der Waals surface area contributed by atoms with Gasteiger partial charge in [-0.1, -0.05) is 12.1 Å². The van der Waals surface area contributed by atoms with E-state index in [1.165, 1.54) is 38.4 Å². The van der Waals surface area contributed by atoms with Gasteiger partial charge in [0.1, 0.15) is 5.82 Å². The molecule has 3 rings (SSSR count). The Morgan fingerprint density at radius 2 is 1.67 bits per heavy atom. The number of ether oxygens (including phenoxy) is 3. The molecule has 180 valence electrons. The van der Waals surface area contributed by atoms with Gasteiger partial charge in [0, 0.05) is 24.1 Å². The molecular weight excluding hydrogens is 451 g/mol. The molecule has 0 bridgehead atoms. The van der Waals surface area contributed by atoms with Crippen LogP contribution in [0.5, 0.6) is 17.2 Å². The summed E-state index contributed by atoms with van der Waals surface area (Å²) in [4.78, 5) is 28.6. The van der Waals surface area contributed by atoms with Crippen LogP contribution in [0.4, 0.5) is 4.39 Å². The highest BCUT2D eigenvalue weighted by Gasteiger charge is 2.25. The Morgan fingerprint density at radius 3 is 2.27 bits per heavy atom. The van der Waals surface area contributed by atoms with E-state index in [1.807, 2.05) is 4.90 Å². The van der Waals surface area contributed by atoms with Gasteiger partial charge in [0.2, 0.25) is 5.75 Å². The molecule has 1 amide bonds. The summed E-state index contributed by atoms with van der Waals surface area (Å²) in [6.07, 6.45) is 1.18. The van der Waals surface area contributed by atoms with Gasteiger partial charge in [-0.15, -0.1) is 0 Å². The Morgan fingerprint density at radius 1 is 0.970 bits per heavy atom. The number of Topliss-reactive ketones (excluding diaryl/α,β-unsaturated/α-hetero) is 1. The van der Waals surface area contributed by atoms with Gasteiger partial charge >= 0.3 is 0 Å². The van der Waals surface area contributed by atoms with Gasteiger partial charge in [0.15, 0.2) is 17.3 Å². The van der Waals surface area contributed by atoms with Crippen LogP contribution >= 0.6 is 0 Å². The van der Waals surface area contributed by atoms with E-state index in [9.17, 15) is 14.0 Å². The van der Waals surface area contributed by atoms with E-state index in [1.54, 1.807) is 24.3 Å². The molecule has 1 atom stereocenters. The lowest BCUT2D eigenvalue weighted by Gasteiger charge is -2.21. The molecule has 1 aliphatic heterocycles. The third-order valence-electron chi connectivity index (χ3n) is 5.74. The lowest BCUT2D eigenvalue weighted by Crippen LogP contribution is -3.12. The fraction of sp³-hybridized carbons (Fsp3) is 0.417. The molecule has 33 heavy (non-hydrogen) atoms. The lowest BCUT2D eigenvalue weighted by atomic mass is 10.1. The minimum absolute atomic E-state index is 0. The number of hydrogen-bond donors (Lipinski definition) is 1. The van der Waals surface area contributed by atoms with Crippen molar-refractivity contribution in [2.45, 2.75) is 12.8 Å². The van der Waals surface area contributed by atoms with Crippen molar-refractivity contribution in [3.63, 3.8) is 0 Å². The number of carbonyl (C=O) groups excluding carboxylic acids is 2. The van der Waals surface area contributed by atoms with Crippen LogP contribution in [0, 0.1) is 5.82 Å². The molecular formula is C24H30ClFN2O5. The van der Waals surface area contributed by atoms with Crippen LogP contribution in [0.15, 0.2) is 36.4 Å². The number of nitrogens with one attached hydrogen (secondary N) is 1. The molecule has 0 spiro atoms. The summed E-state index contributed by atoms with van der Waals surface area (Å²) in [6, 6.07) is 9.12. The molecule has 1 aliphatic rings. The van der Waals surface area contributed by atoms with Crippen molar-refractivity contribution in [1.82, 2.24) is 4.90 Å². The van der Waals surface area contributed by atoms with E-state index >= 15 is 0 Å². The van der Waals surface area contributed by atoms with Crippen LogP contribution in [-0.4, -0.2) is 70.6 Å². The van der Waals surface area contributed by atoms with E-state index in [0.29, 0.717) is 54.4 Å². The Bertz CT molecular complexity index is 947. The van der Waals surface area contributed by atoms with Crippen LogP contribution in [0.1, 0.15) is 33.6 Å². The summed E-state index contributed by atoms with van der Waals surface area (Å²) in [5.41, 5.74) is 0.877. The van der Waals surface area contributed by atoms with E-state index < -0.39 is 5.82 Å². The summed E-state index contributed by atoms with van der Waals surface area (Å²) >= 11 is 0. The Balaban J connectivity index is 0.00000385. The molecule has 1 saturated heterocycles. The maximum absolute atomic E-state index is 13.4. The SMILES string of the molecule is COc1cc(C(=O)N2CCC[NH+](CCC(=O)c3cccc(F)c3)CC2)cc(OC)c1OC.[Cl-]. The first-order valence-electron chi connectivity index (χ1n) is 10.7. The van der Waals surface area contributed by atoms with Crippen LogP contribution in [0.3, 0.4) is 0 Å². The molecule has 7 nitrogen and oxygen atoms in total. The minimum Gasteiger partial charge on any atom is -1.00 e. The number of halogens is 2. The molecule has 1 unspecified atom stereocenters. The third kappa shape index (κ3) is 6.58. The molecule has 1 heterocycles. The topological polar surface area (TPSA) is 69.5 Å². The standard InChI is InChI=1S/C24H29FN2O5.ClH/c1-30-21-15-18(16-22(31-2)23(21)32-3)24(29)27-10-5-9-26(12-13-27)11-8-20(28)17-6-4-7-19(25)14-17;/h4,6-7,14-16H,5,8-13H2,1-3H3;1H. The molecule has 1 N–H and O–H groups in total. The summed E-state index contributed by atoms with van der Waals surface area (Å²) in [6.45, 7) is 3.49. The highest BCUT2D eigenvalue weighted by molar-refractivity contribution is 5.96. The molecule has 0 aliphatic carbocycles. The van der Waals surface area contributed by atoms with Crippen LogP contribution in [0.2, 0.25) is 0 Å². The van der Waals surface area contributed by atoms with Gasteiger partial charge < -0.3 is 36.4 Å². The molecule has 1 fully saturated rings. The van der Waals surface area contributed by atoms with E-state index in [2.05, 4.69) is 0 Å². The van der Waals surface area contributed by atoms with Crippen molar-refractivity contribution in [2.75, 3.05) is 54.1 Å². The molecule has 2 aromatic rings. The number of carbonyl (C=O) groups is 2. The third-order valence-corrected chi connectivity index (χ3v) is 5.74. The van der Waals surface area contributed by atoms with Gasteiger partial charge in [0.25, 0.3) is 5.91 Å². The first-order valence-corrected chi connectivity index (χ1v) is 10.7. The fourth-order valence-corrected chi connectivity index (χ4v) is 3.99. The van der Waals surface area contributed by atoms with Crippen LogP contribution < -0.4 is 31.5 Å². The van der Waals surface area contributed by atoms with Crippen LogP contribution in [-0.2, 0) is 0 Å². The Kier molecular flexibility index (Phi) is 9.94. The smallest absolute Gasteiger partial charge is 0.254 e. The highest BCUT2D eigenvalue weighted by Crippen LogP contribution is 2.38. The zero-order valence-corrected chi connectivity index (χ0v) is 19.9. The second-order valence-corrected chi connectivity index (χ2v) is 7.74. The average Bonchev–Trinajstić information content (AvgIpc) is 3.06. The number of quaternary nitrogens is 1. The number of nitrogens with zero attached hydrogens (tertiary/aromatic N) is 1. The number of methoxy groups -OCH3 is 3. The van der Waals surface area contributed by atoms with E-state index in [0.717, 1.165) is 19.5 Å². The second kappa shape index (κ2) is 12.4. The molecule has 0 aromatic heterocycles. The van der Waals surface area contributed by atoms with Gasteiger partial charge in [-0.05, 0) is 24.3 Å². The van der Waals surface area contributed by atoms with Gasteiger partial charge in [0.05, 0.1) is 53.9 Å². The summed E-state index contributed by atoms with van der Waals surface area (Å²) in [5, 5.41) is 0. The zero-order chi connectivity index (χ0) is 23.1. The summed E-state index contributed by atoms with van der Waals surface area (Å²) in [7, 11) is 4.56. The largest absolute Gasteiger partial charge is 1.00 e. The fourth-order valence-electron chi connectivity index (χ4n) is 3.99. The Hall–Kier alpha value is -2.84. The van der Waals surface area contributed by atoms with Crippen molar-refractivity contribution in [3.05, 3.63) is 53.3 Å². The number of benzene rings is 2. The van der Waals surface area contributed by atoms with Crippen molar-refractivity contribution in [3.8, 4) is 17.2 Å². The molecule has 0 radical (unpaired) electrons. The van der Waals surface area contributed by atoms with Crippen molar-refractivity contribution in [2.24, 2.45) is 0 Å². The second-order valence-electron chi connectivity index (χ2n) is 7.74. The summed E-state index contributed by atoms with van der Waals surface area (Å²) in [5.74, 6) is 0.758. The van der Waals surface area contributed by atoms with E-state index in [-0.39, 0.29) is 24.1 Å². The maximum Gasteiger partial charge on any atom is 0.254 e. The first-order chi connectivity index (χ1) is 15.5. The first kappa shape index (κ1) is 26.4. The quantitative estimate of drug-likeness (QED) is 0.484. The maximum atomic E-state index is 13.4. The molecule has 9 heteroatoms. The average molecular weight is 481 g/mol. The molecule has 0 saturated carbocycles. The van der Waals surface area contributed by atoms with Gasteiger partial charge in [-0.3, -0.25) is 9.59 Å². The monoisotopic (exact) mass is 480 g/mol. The highest BCUT2D eigenvalue weighted by atomic mass is 35.5. The van der Waals surface area contributed by atoms with Crippen molar-refractivity contribution < 1.29 is 45.5 Å². The number of amides is 1. The predicted molar refractivity (Wildman–Crippen MR) is 118 cm³/mol. The zero-order valence-electron chi connectivity index (χ0n) is 19.2. The van der Waals surface area contributed by atoms with Gasteiger partial charge in [-0.25, -0.2) is 4.39 Å². The van der Waals surface area contributed by atoms with E-state index in [4.69, 9.17) is 14.2 Å². The minimum atomic E-state index is -0.404. The normalized spacial score (nSPS) is 15.8. The molecule has 2 aromatic carbocycles. The predicted octanol–water partition coefficient (Wildman–Crippen LogP) is -1.14. The number of hydrogen-bond acceptors (Lipinski definition) is 5. The number of ketones is 1.